The minimum atomic E-state index is -0.380. The van der Waals surface area contributed by atoms with Crippen molar-refractivity contribution >= 4 is 5.84 Å². The second-order valence-electron chi connectivity index (χ2n) is 4.75. The summed E-state index contributed by atoms with van der Waals surface area (Å²) in [5.41, 5.74) is 6.95. The van der Waals surface area contributed by atoms with E-state index in [-0.39, 0.29) is 11.7 Å². The minimum absolute atomic E-state index is 0.0450. The van der Waals surface area contributed by atoms with Crippen molar-refractivity contribution in [3.8, 4) is 0 Å². The van der Waals surface area contributed by atoms with Crippen LogP contribution >= 0.6 is 0 Å². The smallest absolute Gasteiger partial charge is 0.170 e. The first-order chi connectivity index (χ1) is 8.61. The molecule has 98 valence electrons. The van der Waals surface area contributed by atoms with Crippen LogP contribution in [0.5, 0.6) is 0 Å². The monoisotopic (exact) mass is 251 g/mol. The summed E-state index contributed by atoms with van der Waals surface area (Å²) >= 11 is 0. The van der Waals surface area contributed by atoms with Gasteiger partial charge in [0, 0.05) is 18.2 Å². The van der Waals surface area contributed by atoms with E-state index in [4.69, 9.17) is 10.9 Å². The highest BCUT2D eigenvalue weighted by molar-refractivity contribution is 5.98. The van der Waals surface area contributed by atoms with Crippen LogP contribution in [-0.4, -0.2) is 28.5 Å². The predicted molar refractivity (Wildman–Crippen MR) is 68.0 cm³/mol. The molecule has 1 heterocycles. The lowest BCUT2D eigenvalue weighted by atomic mass is 10.1. The SMILES string of the molecule is CC1CCCN1Cc1ccc(F)cc1C(N)=NO. The standard InChI is InChI=1S/C13H18FN3O/c1-9-3-2-6-17(9)8-10-4-5-11(14)7-12(10)13(15)16-18/h4-5,7,9,18H,2-3,6,8H2,1H3,(H2,15,16). The lowest BCUT2D eigenvalue weighted by Crippen LogP contribution is -2.28. The number of benzene rings is 1. The summed E-state index contributed by atoms with van der Waals surface area (Å²) in [7, 11) is 0. The number of hydrogen-bond donors (Lipinski definition) is 2. The van der Waals surface area contributed by atoms with Gasteiger partial charge in [-0.25, -0.2) is 4.39 Å². The highest BCUT2D eigenvalue weighted by atomic mass is 19.1. The van der Waals surface area contributed by atoms with Crippen molar-refractivity contribution in [1.82, 2.24) is 4.90 Å². The Morgan fingerprint density at radius 1 is 1.61 bits per heavy atom. The Kier molecular flexibility index (Phi) is 3.81. The van der Waals surface area contributed by atoms with Crippen molar-refractivity contribution in [2.75, 3.05) is 6.54 Å². The minimum Gasteiger partial charge on any atom is -0.409 e. The van der Waals surface area contributed by atoms with Crippen LogP contribution in [0, 0.1) is 5.82 Å². The molecule has 1 aromatic rings. The van der Waals surface area contributed by atoms with E-state index in [0.29, 0.717) is 18.2 Å². The van der Waals surface area contributed by atoms with Crippen LogP contribution in [-0.2, 0) is 6.54 Å². The molecular formula is C13H18FN3O. The average Bonchev–Trinajstić information content (AvgIpc) is 2.76. The maximum absolute atomic E-state index is 13.2. The lowest BCUT2D eigenvalue weighted by Gasteiger charge is -2.22. The predicted octanol–water partition coefficient (Wildman–Crippen LogP) is 1.90. The number of nitrogens with zero attached hydrogens (tertiary/aromatic N) is 2. The first-order valence-corrected chi connectivity index (χ1v) is 6.12. The second kappa shape index (κ2) is 5.35. The van der Waals surface area contributed by atoms with Gasteiger partial charge in [-0.1, -0.05) is 11.2 Å². The average molecular weight is 251 g/mol. The van der Waals surface area contributed by atoms with Crippen molar-refractivity contribution in [1.29, 1.82) is 0 Å². The molecule has 18 heavy (non-hydrogen) atoms. The number of halogens is 1. The van der Waals surface area contributed by atoms with Crippen molar-refractivity contribution in [3.63, 3.8) is 0 Å². The van der Waals surface area contributed by atoms with Gasteiger partial charge in [0.2, 0.25) is 0 Å². The summed E-state index contributed by atoms with van der Waals surface area (Å²) in [5, 5.41) is 11.7. The van der Waals surface area contributed by atoms with Crippen LogP contribution in [0.15, 0.2) is 23.4 Å². The van der Waals surface area contributed by atoms with E-state index in [9.17, 15) is 4.39 Å². The third-order valence-electron chi connectivity index (χ3n) is 3.52. The number of hydrogen-bond acceptors (Lipinski definition) is 3. The zero-order chi connectivity index (χ0) is 13.1. The fourth-order valence-corrected chi connectivity index (χ4v) is 2.43. The Balaban J connectivity index is 2.26. The molecule has 1 aliphatic heterocycles. The first-order valence-electron chi connectivity index (χ1n) is 6.12. The lowest BCUT2D eigenvalue weighted by molar-refractivity contribution is 0.260. The Morgan fingerprint density at radius 3 is 3.00 bits per heavy atom. The molecule has 0 radical (unpaired) electrons. The Bertz CT molecular complexity index is 462. The quantitative estimate of drug-likeness (QED) is 0.373. The third-order valence-corrected chi connectivity index (χ3v) is 3.52. The van der Waals surface area contributed by atoms with E-state index < -0.39 is 0 Å². The molecule has 0 saturated carbocycles. The Labute approximate surface area is 106 Å². The summed E-state index contributed by atoms with van der Waals surface area (Å²) in [6, 6.07) is 4.94. The van der Waals surface area contributed by atoms with E-state index in [2.05, 4.69) is 17.0 Å². The summed E-state index contributed by atoms with van der Waals surface area (Å²) in [6.45, 7) is 3.92. The van der Waals surface area contributed by atoms with E-state index in [1.165, 1.54) is 25.0 Å². The van der Waals surface area contributed by atoms with Gasteiger partial charge in [0.05, 0.1) is 0 Å². The number of oxime groups is 1. The molecule has 1 atom stereocenters. The zero-order valence-corrected chi connectivity index (χ0v) is 10.4. The van der Waals surface area contributed by atoms with Crippen molar-refractivity contribution in [3.05, 3.63) is 35.1 Å². The van der Waals surface area contributed by atoms with Crippen molar-refractivity contribution < 1.29 is 9.60 Å². The number of amidine groups is 1. The van der Waals surface area contributed by atoms with Crippen LogP contribution in [0.25, 0.3) is 0 Å². The molecule has 0 bridgehead atoms. The van der Waals surface area contributed by atoms with Gasteiger partial charge in [-0.2, -0.15) is 0 Å². The highest BCUT2D eigenvalue weighted by Crippen LogP contribution is 2.21. The van der Waals surface area contributed by atoms with Gasteiger partial charge in [-0.3, -0.25) is 4.90 Å². The number of nitrogens with two attached hydrogens (primary N) is 1. The summed E-state index contributed by atoms with van der Waals surface area (Å²) in [6.07, 6.45) is 2.36. The number of likely N-dealkylation sites (tertiary alicyclic amines) is 1. The van der Waals surface area contributed by atoms with Gasteiger partial charge in [0.1, 0.15) is 5.82 Å². The van der Waals surface area contributed by atoms with Crippen LogP contribution < -0.4 is 5.73 Å². The second-order valence-corrected chi connectivity index (χ2v) is 4.75. The third kappa shape index (κ3) is 2.61. The molecule has 4 nitrogen and oxygen atoms in total. The van der Waals surface area contributed by atoms with Gasteiger partial charge in [0.25, 0.3) is 0 Å². The molecule has 1 unspecified atom stereocenters. The van der Waals surface area contributed by atoms with Crippen LogP contribution in [0.2, 0.25) is 0 Å². The molecule has 0 aromatic heterocycles. The fourth-order valence-electron chi connectivity index (χ4n) is 2.43. The first kappa shape index (κ1) is 12.8. The van der Waals surface area contributed by atoms with Gasteiger partial charge in [0.15, 0.2) is 5.84 Å². The molecule has 0 aliphatic carbocycles. The molecule has 1 saturated heterocycles. The Hall–Kier alpha value is -1.62. The van der Waals surface area contributed by atoms with Gasteiger partial charge in [-0.15, -0.1) is 0 Å². The molecule has 3 N–H and O–H groups in total. The van der Waals surface area contributed by atoms with Gasteiger partial charge >= 0.3 is 0 Å². The van der Waals surface area contributed by atoms with E-state index in [1.54, 1.807) is 6.07 Å². The van der Waals surface area contributed by atoms with Crippen LogP contribution in [0.3, 0.4) is 0 Å². The summed E-state index contributed by atoms with van der Waals surface area (Å²) in [5.74, 6) is -0.425. The van der Waals surface area contributed by atoms with E-state index in [1.807, 2.05) is 0 Å². The summed E-state index contributed by atoms with van der Waals surface area (Å²) < 4.78 is 13.2. The normalized spacial score (nSPS) is 21.4. The van der Waals surface area contributed by atoms with Crippen molar-refractivity contribution in [2.24, 2.45) is 10.9 Å². The van der Waals surface area contributed by atoms with Crippen LogP contribution in [0.4, 0.5) is 4.39 Å². The molecule has 5 heteroatoms. The molecular weight excluding hydrogens is 233 g/mol. The molecule has 0 spiro atoms. The van der Waals surface area contributed by atoms with Gasteiger partial charge in [-0.05, 0) is 44.0 Å². The fraction of sp³-hybridized carbons (Fsp3) is 0.462. The van der Waals surface area contributed by atoms with Gasteiger partial charge < -0.3 is 10.9 Å². The topological polar surface area (TPSA) is 61.8 Å². The molecule has 1 aliphatic rings. The molecule has 0 amide bonds. The Morgan fingerprint density at radius 2 is 2.39 bits per heavy atom. The van der Waals surface area contributed by atoms with E-state index in [0.717, 1.165) is 12.1 Å². The zero-order valence-electron chi connectivity index (χ0n) is 10.4. The largest absolute Gasteiger partial charge is 0.409 e. The summed E-state index contributed by atoms with van der Waals surface area (Å²) in [4.78, 5) is 2.32. The maximum Gasteiger partial charge on any atom is 0.170 e. The molecule has 1 aromatic carbocycles. The van der Waals surface area contributed by atoms with Crippen LogP contribution in [0.1, 0.15) is 30.9 Å². The molecule has 2 rings (SSSR count). The highest BCUT2D eigenvalue weighted by Gasteiger charge is 2.21. The van der Waals surface area contributed by atoms with Crippen molar-refractivity contribution in [2.45, 2.75) is 32.4 Å². The number of rotatable bonds is 3. The molecule has 1 fully saturated rings. The maximum atomic E-state index is 13.2. The van der Waals surface area contributed by atoms with E-state index >= 15 is 0 Å².